The molecule has 10 nitrogen and oxygen atoms in total. The molecule has 3 aromatic rings. The highest BCUT2D eigenvalue weighted by Gasteiger charge is 2.13. The highest BCUT2D eigenvalue weighted by Crippen LogP contribution is 2.28. The van der Waals surface area contributed by atoms with Crippen molar-refractivity contribution >= 4 is 35.3 Å². The second kappa shape index (κ2) is 12.6. The van der Waals surface area contributed by atoms with E-state index in [1.165, 1.54) is 17.8 Å². The van der Waals surface area contributed by atoms with Gasteiger partial charge in [0.05, 0.1) is 39.3 Å². The largest absolute Gasteiger partial charge is 0.495 e. The minimum atomic E-state index is -0.284. The van der Waals surface area contributed by atoms with Crippen LogP contribution >= 0.6 is 11.8 Å². The van der Waals surface area contributed by atoms with Crippen molar-refractivity contribution < 1.29 is 23.8 Å². The van der Waals surface area contributed by atoms with Gasteiger partial charge in [-0.3, -0.25) is 9.59 Å². The maximum atomic E-state index is 12.4. The fourth-order valence-electron chi connectivity index (χ4n) is 3.21. The second-order valence-electron chi connectivity index (χ2n) is 7.66. The molecule has 1 aromatic heterocycles. The number of ether oxygens (including phenoxy) is 3. The van der Waals surface area contributed by atoms with Crippen LogP contribution in [0.5, 0.6) is 17.2 Å². The Hall–Kier alpha value is -3.99. The third kappa shape index (κ3) is 7.01. The third-order valence-corrected chi connectivity index (χ3v) is 6.16. The Morgan fingerprint density at radius 3 is 2.44 bits per heavy atom. The van der Waals surface area contributed by atoms with Crippen molar-refractivity contribution in [1.82, 2.24) is 20.1 Å². The van der Waals surface area contributed by atoms with E-state index in [2.05, 4.69) is 20.8 Å². The van der Waals surface area contributed by atoms with Gasteiger partial charge in [0.15, 0.2) is 22.5 Å². The lowest BCUT2D eigenvalue weighted by Gasteiger charge is -2.11. The molecular formula is C25H29N5O5S. The van der Waals surface area contributed by atoms with E-state index >= 15 is 0 Å². The van der Waals surface area contributed by atoms with E-state index in [-0.39, 0.29) is 24.1 Å². The predicted molar refractivity (Wildman–Crippen MR) is 139 cm³/mol. The van der Waals surface area contributed by atoms with Gasteiger partial charge in [0.2, 0.25) is 11.8 Å². The zero-order chi connectivity index (χ0) is 26.1. The lowest BCUT2D eigenvalue weighted by Crippen LogP contribution is -2.22. The fraction of sp³-hybridized carbons (Fsp3) is 0.280. The minimum Gasteiger partial charge on any atom is -0.495 e. The Labute approximate surface area is 214 Å². The summed E-state index contributed by atoms with van der Waals surface area (Å²) in [7, 11) is 6.46. The van der Waals surface area contributed by atoms with Gasteiger partial charge in [0.25, 0.3) is 0 Å². The van der Waals surface area contributed by atoms with Gasteiger partial charge in [-0.05, 0) is 48.4 Å². The molecule has 2 amide bonds. The van der Waals surface area contributed by atoms with Gasteiger partial charge in [-0.25, -0.2) is 0 Å². The molecule has 2 aromatic carbocycles. The topological polar surface area (TPSA) is 117 Å². The first kappa shape index (κ1) is 26.6. The summed E-state index contributed by atoms with van der Waals surface area (Å²) < 4.78 is 17.5. The highest BCUT2D eigenvalue weighted by atomic mass is 32.2. The van der Waals surface area contributed by atoms with Crippen LogP contribution in [0.2, 0.25) is 0 Å². The normalized spacial score (nSPS) is 10.8. The number of nitrogens with one attached hydrogen (secondary N) is 2. The molecule has 190 valence electrons. The number of carbonyl (C=O) groups is 2. The number of amides is 2. The quantitative estimate of drug-likeness (QED) is 0.298. The summed E-state index contributed by atoms with van der Waals surface area (Å²) in [6.07, 6.45) is 3.11. The Kier molecular flexibility index (Phi) is 9.34. The van der Waals surface area contributed by atoms with E-state index < -0.39 is 0 Å². The molecule has 3 rings (SSSR count). The number of nitrogens with zero attached hydrogens (tertiary/aromatic N) is 3. The first-order valence-electron chi connectivity index (χ1n) is 11.0. The average Bonchev–Trinajstić information content (AvgIpc) is 3.23. The van der Waals surface area contributed by atoms with E-state index in [4.69, 9.17) is 14.2 Å². The molecule has 0 aliphatic heterocycles. The number of carbonyl (C=O) groups excluding carboxylic acids is 2. The molecule has 11 heteroatoms. The molecule has 2 N–H and O–H groups in total. The van der Waals surface area contributed by atoms with E-state index in [1.807, 2.05) is 31.2 Å². The number of aromatic nitrogens is 3. The first-order valence-corrected chi connectivity index (χ1v) is 12.0. The molecule has 0 aliphatic rings. The van der Waals surface area contributed by atoms with Crippen LogP contribution in [-0.2, 0) is 23.2 Å². The molecule has 0 unspecified atom stereocenters. The van der Waals surface area contributed by atoms with Crippen LogP contribution in [0, 0.1) is 6.92 Å². The molecule has 0 spiro atoms. The Morgan fingerprint density at radius 1 is 1.00 bits per heavy atom. The summed E-state index contributed by atoms with van der Waals surface area (Å²) >= 11 is 1.25. The van der Waals surface area contributed by atoms with E-state index in [0.29, 0.717) is 33.9 Å². The summed E-state index contributed by atoms with van der Waals surface area (Å²) in [6.45, 7) is 2.13. The molecule has 0 radical (unpaired) electrons. The predicted octanol–water partition coefficient (Wildman–Crippen LogP) is 3.21. The lowest BCUT2D eigenvalue weighted by atomic mass is 10.2. The van der Waals surface area contributed by atoms with Crippen LogP contribution in [0.3, 0.4) is 0 Å². The number of aryl methyl sites for hydroxylation is 1. The molecule has 0 aliphatic carbocycles. The van der Waals surface area contributed by atoms with Crippen molar-refractivity contribution in [1.29, 1.82) is 0 Å². The second-order valence-corrected chi connectivity index (χ2v) is 8.61. The summed E-state index contributed by atoms with van der Waals surface area (Å²) in [5, 5.41) is 14.4. The number of hydrogen-bond donors (Lipinski definition) is 2. The van der Waals surface area contributed by atoms with Crippen LogP contribution in [0.25, 0.3) is 6.08 Å². The Balaban J connectivity index is 1.51. The van der Waals surface area contributed by atoms with Crippen molar-refractivity contribution in [2.75, 3.05) is 32.4 Å². The van der Waals surface area contributed by atoms with Crippen LogP contribution in [0.1, 0.15) is 17.0 Å². The van der Waals surface area contributed by atoms with Gasteiger partial charge < -0.3 is 29.4 Å². The maximum Gasteiger partial charge on any atom is 0.244 e. The Bertz CT molecular complexity index is 1260. The van der Waals surface area contributed by atoms with Crippen LogP contribution in [0.4, 0.5) is 5.69 Å². The van der Waals surface area contributed by atoms with E-state index in [1.54, 1.807) is 51.2 Å². The lowest BCUT2D eigenvalue weighted by molar-refractivity contribution is -0.116. The number of benzene rings is 2. The van der Waals surface area contributed by atoms with Crippen molar-refractivity contribution in [3.63, 3.8) is 0 Å². The van der Waals surface area contributed by atoms with Crippen LogP contribution in [0.15, 0.2) is 47.6 Å². The van der Waals surface area contributed by atoms with Crippen molar-refractivity contribution in [3.05, 3.63) is 59.4 Å². The molecule has 0 fully saturated rings. The molecular weight excluding hydrogens is 482 g/mol. The molecule has 0 bridgehead atoms. The standard InChI is InChI=1S/C25H29N5O5S/c1-16-6-9-19(33-3)18(12-16)27-24(32)15-36-25-29-28-22(30(25)2)14-26-23(31)11-8-17-7-10-20(34-4)21(13-17)35-5/h6-13H,14-15H2,1-5H3,(H,26,31)(H,27,32). The monoisotopic (exact) mass is 511 g/mol. The summed E-state index contributed by atoms with van der Waals surface area (Å²) in [5.74, 6) is 2.01. The number of thioether (sulfide) groups is 1. The number of methoxy groups -OCH3 is 3. The summed E-state index contributed by atoms with van der Waals surface area (Å²) in [4.78, 5) is 24.7. The van der Waals surface area contributed by atoms with Crippen molar-refractivity contribution in [3.8, 4) is 17.2 Å². The smallest absolute Gasteiger partial charge is 0.244 e. The van der Waals surface area contributed by atoms with Crippen LogP contribution < -0.4 is 24.8 Å². The molecule has 36 heavy (non-hydrogen) atoms. The van der Waals surface area contributed by atoms with Crippen LogP contribution in [-0.4, -0.2) is 53.7 Å². The van der Waals surface area contributed by atoms with Gasteiger partial charge in [-0.1, -0.05) is 23.9 Å². The van der Waals surface area contributed by atoms with E-state index in [0.717, 1.165) is 11.1 Å². The average molecular weight is 512 g/mol. The molecule has 1 heterocycles. The van der Waals surface area contributed by atoms with Gasteiger partial charge >= 0.3 is 0 Å². The maximum absolute atomic E-state index is 12.4. The van der Waals surface area contributed by atoms with Crippen molar-refractivity contribution in [2.45, 2.75) is 18.6 Å². The summed E-state index contributed by atoms with van der Waals surface area (Å²) in [6, 6.07) is 10.9. The first-order chi connectivity index (χ1) is 17.3. The summed E-state index contributed by atoms with van der Waals surface area (Å²) in [5.41, 5.74) is 2.42. The zero-order valence-corrected chi connectivity index (χ0v) is 21.6. The zero-order valence-electron chi connectivity index (χ0n) is 20.8. The minimum absolute atomic E-state index is 0.142. The van der Waals surface area contributed by atoms with Crippen molar-refractivity contribution in [2.24, 2.45) is 7.05 Å². The highest BCUT2D eigenvalue weighted by molar-refractivity contribution is 7.99. The fourth-order valence-corrected chi connectivity index (χ4v) is 3.94. The van der Waals surface area contributed by atoms with Gasteiger partial charge in [-0.2, -0.15) is 0 Å². The number of anilines is 1. The van der Waals surface area contributed by atoms with E-state index in [9.17, 15) is 9.59 Å². The molecule has 0 saturated carbocycles. The number of hydrogen-bond acceptors (Lipinski definition) is 8. The molecule has 0 saturated heterocycles. The van der Waals surface area contributed by atoms with Gasteiger partial charge in [-0.15, -0.1) is 10.2 Å². The van der Waals surface area contributed by atoms with Gasteiger partial charge in [0, 0.05) is 13.1 Å². The molecule has 0 atom stereocenters. The third-order valence-electron chi connectivity index (χ3n) is 5.14. The SMILES string of the molecule is COc1ccc(C)cc1NC(=O)CSc1nnc(CNC(=O)C=Cc2ccc(OC)c(OC)c2)n1C. The van der Waals surface area contributed by atoms with Gasteiger partial charge in [0.1, 0.15) is 5.75 Å². The Morgan fingerprint density at radius 2 is 1.72 bits per heavy atom. The number of rotatable bonds is 11.